The summed E-state index contributed by atoms with van der Waals surface area (Å²) in [4.78, 5) is 64.0. The number of phenolic OH excluding ortho intramolecular Hbond substituents is 1. The van der Waals surface area contributed by atoms with E-state index in [9.17, 15) is 37.9 Å². The quantitative estimate of drug-likeness (QED) is 0.179. The van der Waals surface area contributed by atoms with Crippen LogP contribution in [0.5, 0.6) is 5.75 Å². The van der Waals surface area contributed by atoms with Crippen molar-refractivity contribution < 1.29 is 43.0 Å². The number of rotatable bonds is 8. The van der Waals surface area contributed by atoms with Crippen LogP contribution in [0.3, 0.4) is 0 Å². The standard InChI is InChI=1S/C32H28Cl2F2N2O7/c33-31-15-21-18(12-13-19-24(21)28(43)37(27(19)42)14-3-1-2-7-23(39)40)25(20-5-4-6-22(36)26(20)41)32(31,34)30(45)38(29(31)44)17-10-8-16(35)9-11-17/h4-6,8-12,19,21,24-25,41H,1-3,7,13-15H2,(H,39,40)/t19-,21+,24-,25+,31+,32-/m0/s1. The van der Waals surface area contributed by atoms with E-state index in [1.165, 1.54) is 24.3 Å². The molecule has 236 valence electrons. The fourth-order valence-electron chi connectivity index (χ4n) is 7.52. The van der Waals surface area contributed by atoms with Crippen molar-refractivity contribution in [2.75, 3.05) is 11.4 Å². The molecular formula is C32H28Cl2F2N2O7. The van der Waals surface area contributed by atoms with Crippen molar-refractivity contribution in [2.24, 2.45) is 17.8 Å². The molecule has 0 radical (unpaired) electrons. The number of likely N-dealkylation sites (tertiary alicyclic amines) is 1. The lowest BCUT2D eigenvalue weighted by Gasteiger charge is -2.50. The zero-order valence-corrected chi connectivity index (χ0v) is 25.2. The maximum Gasteiger partial charge on any atom is 0.303 e. The second-order valence-electron chi connectivity index (χ2n) is 12.0. The van der Waals surface area contributed by atoms with Crippen LogP contribution in [0, 0.1) is 29.4 Å². The smallest absolute Gasteiger partial charge is 0.303 e. The number of hydrogen-bond acceptors (Lipinski definition) is 6. The van der Waals surface area contributed by atoms with Gasteiger partial charge in [-0.05, 0) is 61.9 Å². The van der Waals surface area contributed by atoms with E-state index in [2.05, 4.69) is 0 Å². The number of amides is 4. The second-order valence-corrected chi connectivity index (χ2v) is 13.2. The van der Waals surface area contributed by atoms with Gasteiger partial charge >= 0.3 is 5.97 Å². The molecule has 0 bridgehead atoms. The number of alkyl halides is 2. The van der Waals surface area contributed by atoms with Crippen molar-refractivity contribution in [2.45, 2.75) is 54.2 Å². The third-order valence-corrected chi connectivity index (χ3v) is 11.0. The van der Waals surface area contributed by atoms with Crippen molar-refractivity contribution in [3.05, 3.63) is 71.3 Å². The van der Waals surface area contributed by atoms with Gasteiger partial charge in [-0.15, -0.1) is 23.2 Å². The third kappa shape index (κ3) is 4.57. The average molecular weight is 661 g/mol. The van der Waals surface area contributed by atoms with Crippen molar-refractivity contribution in [1.82, 2.24) is 4.90 Å². The highest BCUT2D eigenvalue weighted by atomic mass is 35.5. The van der Waals surface area contributed by atoms with Crippen LogP contribution in [0.4, 0.5) is 14.5 Å². The van der Waals surface area contributed by atoms with E-state index in [1.807, 2.05) is 0 Å². The number of carboxylic acid groups (broad SMARTS) is 1. The van der Waals surface area contributed by atoms with Crippen molar-refractivity contribution >= 4 is 58.5 Å². The number of aromatic hydroxyl groups is 1. The maximum atomic E-state index is 14.8. The minimum absolute atomic E-state index is 0.000846. The maximum absolute atomic E-state index is 14.8. The van der Waals surface area contributed by atoms with Crippen LogP contribution < -0.4 is 4.90 Å². The van der Waals surface area contributed by atoms with E-state index >= 15 is 0 Å². The Labute approximate surface area is 266 Å². The Hall–Kier alpha value is -3.83. The molecule has 2 aromatic rings. The van der Waals surface area contributed by atoms with Gasteiger partial charge < -0.3 is 10.2 Å². The summed E-state index contributed by atoms with van der Waals surface area (Å²) in [5.41, 5.74) is 0.271. The summed E-state index contributed by atoms with van der Waals surface area (Å²) in [6, 6.07) is 8.23. The number of para-hydroxylation sites is 1. The number of carbonyl (C=O) groups excluding carboxylic acids is 4. The topological polar surface area (TPSA) is 132 Å². The zero-order chi connectivity index (χ0) is 32.4. The molecule has 3 fully saturated rings. The fourth-order valence-corrected chi connectivity index (χ4v) is 8.44. The lowest BCUT2D eigenvalue weighted by atomic mass is 9.56. The number of unbranched alkanes of at least 4 members (excludes halogenated alkanes) is 2. The number of benzene rings is 2. The summed E-state index contributed by atoms with van der Waals surface area (Å²) in [5.74, 6) is -10.1. The number of carboxylic acids is 1. The molecule has 0 unspecified atom stereocenters. The normalized spacial score (nSPS) is 30.7. The summed E-state index contributed by atoms with van der Waals surface area (Å²) >= 11 is 14.4. The third-order valence-electron chi connectivity index (χ3n) is 9.59. The van der Waals surface area contributed by atoms with Gasteiger partial charge in [-0.3, -0.25) is 28.9 Å². The molecule has 2 aliphatic heterocycles. The van der Waals surface area contributed by atoms with Crippen LogP contribution in [0.25, 0.3) is 0 Å². The van der Waals surface area contributed by atoms with Gasteiger partial charge in [-0.2, -0.15) is 0 Å². The van der Waals surface area contributed by atoms with Gasteiger partial charge in [-0.25, -0.2) is 13.7 Å². The largest absolute Gasteiger partial charge is 0.505 e. The van der Waals surface area contributed by atoms with Crippen LogP contribution >= 0.6 is 23.2 Å². The first-order valence-corrected chi connectivity index (χ1v) is 15.3. The Bertz CT molecular complexity index is 1670. The molecule has 45 heavy (non-hydrogen) atoms. The van der Waals surface area contributed by atoms with E-state index in [4.69, 9.17) is 28.3 Å². The Kier molecular flexibility index (Phi) is 7.76. The molecular weight excluding hydrogens is 633 g/mol. The molecule has 13 heteroatoms. The van der Waals surface area contributed by atoms with E-state index in [-0.39, 0.29) is 37.1 Å². The molecule has 0 aromatic heterocycles. The molecule has 4 amide bonds. The molecule has 6 atom stereocenters. The van der Waals surface area contributed by atoms with Gasteiger partial charge in [0.25, 0.3) is 11.8 Å². The number of carbonyl (C=O) groups is 5. The summed E-state index contributed by atoms with van der Waals surface area (Å²) in [6.45, 7) is 0.0850. The van der Waals surface area contributed by atoms with Crippen molar-refractivity contribution in [1.29, 1.82) is 0 Å². The predicted molar refractivity (Wildman–Crippen MR) is 157 cm³/mol. The van der Waals surface area contributed by atoms with E-state index in [1.54, 1.807) is 6.08 Å². The molecule has 6 rings (SSSR count). The van der Waals surface area contributed by atoms with Crippen LogP contribution in [0.15, 0.2) is 54.1 Å². The SMILES string of the molecule is O=C(O)CCCCCN1C(=O)[C@H]2[C@H](CC=C3[C@H]2C[C@@]2(Cl)C(=O)N(c4ccc(F)cc4)C(=O)[C@@]2(Cl)[C@H]3c2cccc(F)c2O)C1=O. The predicted octanol–water partition coefficient (Wildman–Crippen LogP) is 4.88. The summed E-state index contributed by atoms with van der Waals surface area (Å²) in [6.07, 6.45) is 2.69. The molecule has 4 aliphatic rings. The molecule has 2 N–H and O–H groups in total. The lowest BCUT2D eigenvalue weighted by molar-refractivity contribution is -0.141. The fraction of sp³-hybridized carbons (Fsp3) is 0.406. The first-order chi connectivity index (χ1) is 21.3. The molecule has 2 aliphatic carbocycles. The highest BCUT2D eigenvalue weighted by molar-refractivity contribution is 6.58. The summed E-state index contributed by atoms with van der Waals surface area (Å²) < 4.78 is 28.5. The van der Waals surface area contributed by atoms with E-state index in [0.717, 1.165) is 28.0 Å². The average Bonchev–Trinajstić information content (AvgIpc) is 3.33. The number of halogens is 4. The van der Waals surface area contributed by atoms with Crippen LogP contribution in [-0.2, 0) is 24.0 Å². The molecule has 2 aromatic carbocycles. The first-order valence-electron chi connectivity index (χ1n) is 14.6. The monoisotopic (exact) mass is 660 g/mol. The Morgan fingerprint density at radius 1 is 0.933 bits per heavy atom. The van der Waals surface area contributed by atoms with Gasteiger partial charge in [0.05, 0.1) is 17.5 Å². The number of nitrogens with zero attached hydrogens (tertiary/aromatic N) is 2. The minimum Gasteiger partial charge on any atom is -0.505 e. The lowest BCUT2D eigenvalue weighted by Crippen LogP contribution is -2.60. The molecule has 1 saturated carbocycles. The van der Waals surface area contributed by atoms with Crippen LogP contribution in [-0.4, -0.2) is 61.0 Å². The summed E-state index contributed by atoms with van der Waals surface area (Å²) in [7, 11) is 0. The van der Waals surface area contributed by atoms with Gasteiger partial charge in [0.2, 0.25) is 11.8 Å². The highest BCUT2D eigenvalue weighted by Gasteiger charge is 2.76. The minimum atomic E-state index is -2.30. The van der Waals surface area contributed by atoms with Gasteiger partial charge in [0.1, 0.15) is 5.82 Å². The number of allylic oxidation sites excluding steroid dienone is 2. The van der Waals surface area contributed by atoms with E-state index in [0.29, 0.717) is 24.8 Å². The molecule has 2 saturated heterocycles. The second kappa shape index (κ2) is 11.2. The van der Waals surface area contributed by atoms with Gasteiger partial charge in [0.15, 0.2) is 21.3 Å². The van der Waals surface area contributed by atoms with E-state index < -0.39 is 80.4 Å². The van der Waals surface area contributed by atoms with Crippen molar-refractivity contribution in [3.8, 4) is 5.75 Å². The number of hydrogen-bond donors (Lipinski definition) is 2. The Morgan fingerprint density at radius 3 is 2.33 bits per heavy atom. The molecule has 0 spiro atoms. The molecule has 2 heterocycles. The van der Waals surface area contributed by atoms with Gasteiger partial charge in [-0.1, -0.05) is 30.2 Å². The number of imide groups is 2. The zero-order valence-electron chi connectivity index (χ0n) is 23.7. The number of fused-ring (bicyclic) bond motifs is 4. The number of aliphatic carboxylic acids is 1. The van der Waals surface area contributed by atoms with Crippen LogP contribution in [0.1, 0.15) is 50.0 Å². The first kappa shape index (κ1) is 31.2. The molecule has 9 nitrogen and oxygen atoms in total. The Balaban J connectivity index is 1.43. The highest BCUT2D eigenvalue weighted by Crippen LogP contribution is 2.66. The van der Waals surface area contributed by atoms with Gasteiger partial charge in [0, 0.05) is 24.4 Å². The number of anilines is 1. The van der Waals surface area contributed by atoms with Crippen molar-refractivity contribution in [3.63, 3.8) is 0 Å². The number of phenols is 1. The van der Waals surface area contributed by atoms with Crippen LogP contribution in [0.2, 0.25) is 0 Å². The Morgan fingerprint density at radius 2 is 1.64 bits per heavy atom. The summed E-state index contributed by atoms with van der Waals surface area (Å²) in [5, 5.41) is 19.8.